The molecule has 0 saturated heterocycles. The van der Waals surface area contributed by atoms with E-state index in [9.17, 15) is 4.79 Å². The van der Waals surface area contributed by atoms with Gasteiger partial charge in [0.25, 0.3) is 5.91 Å². The van der Waals surface area contributed by atoms with Crippen LogP contribution in [0.5, 0.6) is 11.5 Å². The number of carbonyl (C=O) groups is 1. The minimum absolute atomic E-state index is 0.246. The first-order valence-corrected chi connectivity index (χ1v) is 7.36. The minimum atomic E-state index is -0.290. The summed E-state index contributed by atoms with van der Waals surface area (Å²) in [6, 6.07) is 12.2. The van der Waals surface area contributed by atoms with E-state index in [1.54, 1.807) is 31.4 Å². The molecule has 0 fully saturated rings. The van der Waals surface area contributed by atoms with Crippen LogP contribution >= 0.6 is 23.2 Å². The molecule has 1 N–H and O–H groups in total. The van der Waals surface area contributed by atoms with Gasteiger partial charge in [-0.1, -0.05) is 35.3 Å². The Morgan fingerprint density at radius 2 is 1.86 bits per heavy atom. The molecule has 0 aromatic heterocycles. The Kier molecular flexibility index (Phi) is 5.92. The zero-order chi connectivity index (χ0) is 15.9. The van der Waals surface area contributed by atoms with E-state index in [2.05, 4.69) is 5.32 Å². The SMILES string of the molecule is COc1cccc(OCCNC(=O)c2cccc(Cl)c2Cl)c1. The second-order valence-corrected chi connectivity index (χ2v) is 5.17. The monoisotopic (exact) mass is 339 g/mol. The van der Waals surface area contributed by atoms with Crippen LogP contribution in [0.3, 0.4) is 0 Å². The summed E-state index contributed by atoms with van der Waals surface area (Å²) >= 11 is 11.9. The Morgan fingerprint density at radius 1 is 1.14 bits per heavy atom. The van der Waals surface area contributed by atoms with Crippen molar-refractivity contribution in [3.05, 3.63) is 58.1 Å². The van der Waals surface area contributed by atoms with Gasteiger partial charge in [0, 0.05) is 6.07 Å². The summed E-state index contributed by atoms with van der Waals surface area (Å²) in [4.78, 5) is 12.0. The molecule has 22 heavy (non-hydrogen) atoms. The number of hydrogen-bond donors (Lipinski definition) is 1. The van der Waals surface area contributed by atoms with Crippen LogP contribution in [0, 0.1) is 0 Å². The molecule has 0 atom stereocenters. The van der Waals surface area contributed by atoms with E-state index in [4.69, 9.17) is 32.7 Å². The molecule has 1 amide bonds. The van der Waals surface area contributed by atoms with Gasteiger partial charge in [-0.3, -0.25) is 4.79 Å². The summed E-state index contributed by atoms with van der Waals surface area (Å²) in [6.45, 7) is 0.677. The average Bonchev–Trinajstić information content (AvgIpc) is 2.54. The lowest BCUT2D eigenvalue weighted by Crippen LogP contribution is -2.28. The van der Waals surface area contributed by atoms with Crippen molar-refractivity contribution in [1.29, 1.82) is 0 Å². The zero-order valence-electron chi connectivity index (χ0n) is 11.9. The van der Waals surface area contributed by atoms with Gasteiger partial charge in [0.15, 0.2) is 0 Å². The zero-order valence-corrected chi connectivity index (χ0v) is 13.4. The fourth-order valence-electron chi connectivity index (χ4n) is 1.80. The summed E-state index contributed by atoms with van der Waals surface area (Å²) < 4.78 is 10.6. The second-order valence-electron chi connectivity index (χ2n) is 4.38. The Morgan fingerprint density at radius 3 is 2.64 bits per heavy atom. The first-order chi connectivity index (χ1) is 10.6. The molecule has 0 bridgehead atoms. The van der Waals surface area contributed by atoms with Crippen molar-refractivity contribution in [2.75, 3.05) is 20.3 Å². The van der Waals surface area contributed by atoms with E-state index in [1.165, 1.54) is 0 Å². The Hall–Kier alpha value is -1.91. The van der Waals surface area contributed by atoms with E-state index in [0.717, 1.165) is 0 Å². The normalized spacial score (nSPS) is 10.1. The molecule has 4 nitrogen and oxygen atoms in total. The number of rotatable bonds is 6. The van der Waals surface area contributed by atoms with E-state index in [1.807, 2.05) is 18.2 Å². The Balaban J connectivity index is 1.83. The standard InChI is InChI=1S/C16H15Cl2NO3/c1-21-11-4-2-5-12(10-11)22-9-8-19-16(20)13-6-3-7-14(17)15(13)18/h2-7,10H,8-9H2,1H3,(H,19,20). The summed E-state index contributed by atoms with van der Waals surface area (Å²) in [7, 11) is 1.59. The van der Waals surface area contributed by atoms with Gasteiger partial charge >= 0.3 is 0 Å². The van der Waals surface area contributed by atoms with Crippen LogP contribution in [-0.4, -0.2) is 26.2 Å². The highest BCUT2D eigenvalue weighted by atomic mass is 35.5. The molecule has 116 valence electrons. The van der Waals surface area contributed by atoms with Crippen molar-refractivity contribution >= 4 is 29.1 Å². The third-order valence-corrected chi connectivity index (χ3v) is 3.71. The van der Waals surface area contributed by atoms with E-state index >= 15 is 0 Å². The van der Waals surface area contributed by atoms with Crippen molar-refractivity contribution in [3.63, 3.8) is 0 Å². The molecule has 6 heteroatoms. The molecular formula is C16H15Cl2NO3. The van der Waals surface area contributed by atoms with Gasteiger partial charge in [-0.2, -0.15) is 0 Å². The van der Waals surface area contributed by atoms with Gasteiger partial charge < -0.3 is 14.8 Å². The minimum Gasteiger partial charge on any atom is -0.497 e. The molecule has 0 aliphatic carbocycles. The third kappa shape index (κ3) is 4.29. The quantitative estimate of drug-likeness (QED) is 0.814. The number of nitrogens with one attached hydrogen (secondary N) is 1. The maximum atomic E-state index is 12.0. The average molecular weight is 340 g/mol. The molecule has 2 aromatic rings. The van der Waals surface area contributed by atoms with Gasteiger partial charge in [-0.25, -0.2) is 0 Å². The summed E-state index contributed by atoms with van der Waals surface area (Å²) in [5, 5.41) is 3.32. The molecule has 0 radical (unpaired) electrons. The van der Waals surface area contributed by atoms with Gasteiger partial charge in [-0.05, 0) is 24.3 Å². The molecule has 0 unspecified atom stereocenters. The van der Waals surface area contributed by atoms with Crippen LogP contribution in [0.25, 0.3) is 0 Å². The van der Waals surface area contributed by atoms with Crippen LogP contribution in [0.2, 0.25) is 10.0 Å². The van der Waals surface area contributed by atoms with Crippen LogP contribution in [0.4, 0.5) is 0 Å². The third-order valence-electron chi connectivity index (χ3n) is 2.89. The highest BCUT2D eigenvalue weighted by Gasteiger charge is 2.11. The van der Waals surface area contributed by atoms with Crippen molar-refractivity contribution in [1.82, 2.24) is 5.32 Å². The molecule has 2 rings (SSSR count). The number of halogens is 2. The van der Waals surface area contributed by atoms with E-state index in [0.29, 0.717) is 35.2 Å². The maximum absolute atomic E-state index is 12.0. The highest BCUT2D eigenvalue weighted by Crippen LogP contribution is 2.25. The first-order valence-electron chi connectivity index (χ1n) is 6.61. The number of benzene rings is 2. The maximum Gasteiger partial charge on any atom is 0.252 e. The Bertz CT molecular complexity index is 662. The molecule has 2 aromatic carbocycles. The van der Waals surface area contributed by atoms with E-state index < -0.39 is 0 Å². The fraction of sp³-hybridized carbons (Fsp3) is 0.188. The van der Waals surface area contributed by atoms with Gasteiger partial charge in [-0.15, -0.1) is 0 Å². The largest absolute Gasteiger partial charge is 0.497 e. The topological polar surface area (TPSA) is 47.6 Å². The lowest BCUT2D eigenvalue weighted by molar-refractivity contribution is 0.0947. The Labute approximate surface area is 138 Å². The number of ether oxygens (including phenoxy) is 2. The molecule has 0 aliphatic heterocycles. The van der Waals surface area contributed by atoms with Gasteiger partial charge in [0.1, 0.15) is 18.1 Å². The van der Waals surface area contributed by atoms with Crippen LogP contribution < -0.4 is 14.8 Å². The summed E-state index contributed by atoms with van der Waals surface area (Å²) in [5.41, 5.74) is 0.343. The summed E-state index contributed by atoms with van der Waals surface area (Å²) in [5.74, 6) is 1.10. The molecule has 0 aliphatic rings. The van der Waals surface area contributed by atoms with Crippen molar-refractivity contribution in [2.45, 2.75) is 0 Å². The fourth-order valence-corrected chi connectivity index (χ4v) is 2.19. The highest BCUT2D eigenvalue weighted by molar-refractivity contribution is 6.43. The number of hydrogen-bond acceptors (Lipinski definition) is 3. The molecular weight excluding hydrogens is 325 g/mol. The number of carbonyl (C=O) groups excluding carboxylic acids is 1. The van der Waals surface area contributed by atoms with Gasteiger partial charge in [0.05, 0.1) is 29.3 Å². The predicted octanol–water partition coefficient (Wildman–Crippen LogP) is 3.81. The van der Waals surface area contributed by atoms with E-state index in [-0.39, 0.29) is 10.9 Å². The second kappa shape index (κ2) is 7.92. The first kappa shape index (κ1) is 16.5. The van der Waals surface area contributed by atoms with Crippen LogP contribution in [0.1, 0.15) is 10.4 Å². The molecule has 0 heterocycles. The van der Waals surface area contributed by atoms with Crippen LogP contribution in [-0.2, 0) is 0 Å². The smallest absolute Gasteiger partial charge is 0.252 e. The lowest BCUT2D eigenvalue weighted by atomic mass is 10.2. The summed E-state index contributed by atoms with van der Waals surface area (Å²) in [6.07, 6.45) is 0. The van der Waals surface area contributed by atoms with Crippen molar-refractivity contribution in [2.24, 2.45) is 0 Å². The van der Waals surface area contributed by atoms with Crippen molar-refractivity contribution in [3.8, 4) is 11.5 Å². The predicted molar refractivity (Wildman–Crippen MR) is 87.3 cm³/mol. The molecule has 0 spiro atoms. The molecule has 0 saturated carbocycles. The number of methoxy groups -OCH3 is 1. The van der Waals surface area contributed by atoms with Gasteiger partial charge in [0.2, 0.25) is 0 Å². The lowest BCUT2D eigenvalue weighted by Gasteiger charge is -2.10. The number of amides is 1. The van der Waals surface area contributed by atoms with Crippen LogP contribution in [0.15, 0.2) is 42.5 Å². The van der Waals surface area contributed by atoms with Crippen molar-refractivity contribution < 1.29 is 14.3 Å².